The predicted molar refractivity (Wildman–Crippen MR) is 79.9 cm³/mol. The number of hydrogen-bond donors (Lipinski definition) is 1. The van der Waals surface area contributed by atoms with Gasteiger partial charge in [0.15, 0.2) is 0 Å². The first kappa shape index (κ1) is 14.9. The van der Waals surface area contributed by atoms with E-state index in [1.54, 1.807) is 6.20 Å². The van der Waals surface area contributed by atoms with Crippen LogP contribution in [0.4, 0.5) is 0 Å². The van der Waals surface area contributed by atoms with E-state index >= 15 is 0 Å². The van der Waals surface area contributed by atoms with Crippen molar-refractivity contribution in [1.82, 2.24) is 25.3 Å². The van der Waals surface area contributed by atoms with Gasteiger partial charge < -0.3 is 5.32 Å². The van der Waals surface area contributed by atoms with E-state index in [9.17, 15) is 0 Å². The van der Waals surface area contributed by atoms with Crippen molar-refractivity contribution in [3.63, 3.8) is 0 Å². The second kappa shape index (κ2) is 6.33. The molecule has 2 rings (SSSR count). The number of nitrogens with one attached hydrogen (secondary N) is 1. The number of aryl methyl sites for hydroxylation is 3. The summed E-state index contributed by atoms with van der Waals surface area (Å²) in [7, 11) is 1.90. The largest absolute Gasteiger partial charge is 0.305 e. The number of rotatable bonds is 5. The van der Waals surface area contributed by atoms with Crippen molar-refractivity contribution in [1.29, 1.82) is 0 Å². The molecule has 0 bridgehead atoms. The van der Waals surface area contributed by atoms with Crippen LogP contribution in [0.1, 0.15) is 42.0 Å². The molecule has 0 aromatic carbocycles. The minimum absolute atomic E-state index is 0.0239. The Hall–Kier alpha value is -1.46. The summed E-state index contributed by atoms with van der Waals surface area (Å²) in [5.41, 5.74) is 3.85. The fourth-order valence-electron chi connectivity index (χ4n) is 2.25. The first-order valence-electron chi connectivity index (χ1n) is 6.76. The van der Waals surface area contributed by atoms with E-state index in [1.165, 1.54) is 0 Å². The number of nitrogens with zero attached hydrogens (tertiary/aromatic N) is 4. The standard InChI is InChI=1S/C14H20ClN5/c1-5-6-16-13(14-12(15)8-17-20(14)4)11-7-9(2)18-19-10(11)3/h7-8,13,16H,5-6H2,1-4H3. The smallest absolute Gasteiger partial charge is 0.0837 e. The van der Waals surface area contributed by atoms with Crippen molar-refractivity contribution in [3.8, 4) is 0 Å². The maximum Gasteiger partial charge on any atom is 0.0837 e. The second-order valence-corrected chi connectivity index (χ2v) is 5.32. The summed E-state index contributed by atoms with van der Waals surface area (Å²) in [6, 6.07) is 2.03. The van der Waals surface area contributed by atoms with E-state index in [4.69, 9.17) is 11.6 Å². The van der Waals surface area contributed by atoms with Gasteiger partial charge in [0.05, 0.1) is 34.3 Å². The van der Waals surface area contributed by atoms with Crippen molar-refractivity contribution in [3.05, 3.63) is 39.9 Å². The van der Waals surface area contributed by atoms with Crippen LogP contribution in [0.2, 0.25) is 5.02 Å². The summed E-state index contributed by atoms with van der Waals surface area (Å²) in [6.07, 6.45) is 2.72. The molecular formula is C14H20ClN5. The Labute approximate surface area is 124 Å². The monoisotopic (exact) mass is 293 g/mol. The van der Waals surface area contributed by atoms with E-state index in [2.05, 4.69) is 33.6 Å². The molecule has 20 heavy (non-hydrogen) atoms. The highest BCUT2D eigenvalue weighted by Gasteiger charge is 2.23. The lowest BCUT2D eigenvalue weighted by Crippen LogP contribution is -2.26. The summed E-state index contributed by atoms with van der Waals surface area (Å²) < 4.78 is 1.81. The summed E-state index contributed by atoms with van der Waals surface area (Å²) in [6.45, 7) is 6.94. The van der Waals surface area contributed by atoms with Crippen LogP contribution in [-0.2, 0) is 7.05 Å². The van der Waals surface area contributed by atoms with Gasteiger partial charge in [0.1, 0.15) is 0 Å². The molecule has 108 valence electrons. The van der Waals surface area contributed by atoms with Crippen LogP contribution in [0.25, 0.3) is 0 Å². The van der Waals surface area contributed by atoms with Crippen LogP contribution in [0.15, 0.2) is 12.3 Å². The van der Waals surface area contributed by atoms with Gasteiger partial charge in [-0.25, -0.2) is 0 Å². The van der Waals surface area contributed by atoms with E-state index in [0.717, 1.165) is 35.6 Å². The maximum atomic E-state index is 6.30. The Kier molecular flexibility index (Phi) is 4.73. The van der Waals surface area contributed by atoms with Crippen LogP contribution in [0.5, 0.6) is 0 Å². The molecule has 0 fully saturated rings. The van der Waals surface area contributed by atoms with Crippen molar-refractivity contribution in [2.75, 3.05) is 6.54 Å². The molecule has 0 amide bonds. The second-order valence-electron chi connectivity index (χ2n) is 4.91. The van der Waals surface area contributed by atoms with Gasteiger partial charge in [0, 0.05) is 12.6 Å². The van der Waals surface area contributed by atoms with Crippen LogP contribution in [0, 0.1) is 13.8 Å². The van der Waals surface area contributed by atoms with Gasteiger partial charge in [-0.15, -0.1) is 0 Å². The van der Waals surface area contributed by atoms with E-state index in [0.29, 0.717) is 5.02 Å². The Morgan fingerprint density at radius 3 is 2.70 bits per heavy atom. The molecule has 0 aliphatic rings. The van der Waals surface area contributed by atoms with E-state index < -0.39 is 0 Å². The fourth-order valence-corrected chi connectivity index (χ4v) is 2.52. The number of aromatic nitrogens is 4. The Bertz CT molecular complexity index is 574. The van der Waals surface area contributed by atoms with Crippen molar-refractivity contribution in [2.45, 2.75) is 33.2 Å². The first-order valence-corrected chi connectivity index (χ1v) is 7.14. The predicted octanol–water partition coefficient (Wildman–Crippen LogP) is 2.57. The van der Waals surface area contributed by atoms with Crippen molar-refractivity contribution >= 4 is 11.6 Å². The zero-order valence-corrected chi connectivity index (χ0v) is 13.1. The average Bonchev–Trinajstić information content (AvgIpc) is 2.74. The minimum atomic E-state index is -0.0239. The molecule has 0 saturated carbocycles. The summed E-state index contributed by atoms with van der Waals surface area (Å²) in [5, 5.41) is 16.7. The highest BCUT2D eigenvalue weighted by atomic mass is 35.5. The quantitative estimate of drug-likeness (QED) is 0.920. The SMILES string of the molecule is CCCNC(c1cc(C)nnc1C)c1c(Cl)cnn1C. The van der Waals surface area contributed by atoms with E-state index in [-0.39, 0.29) is 6.04 Å². The van der Waals surface area contributed by atoms with Crippen LogP contribution >= 0.6 is 11.6 Å². The number of hydrogen-bond acceptors (Lipinski definition) is 4. The van der Waals surface area contributed by atoms with Crippen LogP contribution < -0.4 is 5.32 Å². The third-order valence-electron chi connectivity index (χ3n) is 3.26. The van der Waals surface area contributed by atoms with Gasteiger partial charge in [-0.1, -0.05) is 18.5 Å². The fraction of sp³-hybridized carbons (Fsp3) is 0.500. The first-order chi connectivity index (χ1) is 9.54. The molecule has 1 N–H and O–H groups in total. The van der Waals surface area contributed by atoms with E-state index in [1.807, 2.05) is 25.6 Å². The van der Waals surface area contributed by atoms with Gasteiger partial charge in [0.25, 0.3) is 0 Å². The number of halogens is 1. The zero-order chi connectivity index (χ0) is 14.7. The molecule has 1 unspecified atom stereocenters. The molecule has 1 atom stereocenters. The minimum Gasteiger partial charge on any atom is -0.305 e. The third-order valence-corrected chi connectivity index (χ3v) is 3.55. The van der Waals surface area contributed by atoms with Gasteiger partial charge in [0.2, 0.25) is 0 Å². The lowest BCUT2D eigenvalue weighted by atomic mass is 10.0. The van der Waals surface area contributed by atoms with Crippen LogP contribution in [0.3, 0.4) is 0 Å². The zero-order valence-electron chi connectivity index (χ0n) is 12.3. The summed E-state index contributed by atoms with van der Waals surface area (Å²) in [5.74, 6) is 0. The van der Waals surface area contributed by atoms with Crippen molar-refractivity contribution < 1.29 is 0 Å². The molecule has 0 spiro atoms. The normalized spacial score (nSPS) is 12.7. The summed E-state index contributed by atoms with van der Waals surface area (Å²) >= 11 is 6.30. The Morgan fingerprint density at radius 2 is 2.10 bits per heavy atom. The third kappa shape index (κ3) is 2.99. The highest BCUT2D eigenvalue weighted by Crippen LogP contribution is 2.29. The highest BCUT2D eigenvalue weighted by molar-refractivity contribution is 6.31. The molecule has 2 aromatic rings. The molecular weight excluding hydrogens is 274 g/mol. The molecule has 0 aliphatic carbocycles. The molecule has 0 aliphatic heterocycles. The molecule has 2 heterocycles. The summed E-state index contributed by atoms with van der Waals surface area (Å²) in [4.78, 5) is 0. The topological polar surface area (TPSA) is 55.6 Å². The van der Waals surface area contributed by atoms with Gasteiger partial charge in [-0.3, -0.25) is 4.68 Å². The molecule has 0 radical (unpaired) electrons. The lowest BCUT2D eigenvalue weighted by Gasteiger charge is -2.21. The maximum absolute atomic E-state index is 6.30. The van der Waals surface area contributed by atoms with Crippen LogP contribution in [-0.4, -0.2) is 26.5 Å². The molecule has 6 heteroatoms. The average molecular weight is 294 g/mol. The van der Waals surface area contributed by atoms with Gasteiger partial charge >= 0.3 is 0 Å². The van der Waals surface area contributed by atoms with Gasteiger partial charge in [-0.2, -0.15) is 15.3 Å². The molecule has 2 aromatic heterocycles. The Balaban J connectivity index is 2.50. The van der Waals surface area contributed by atoms with Gasteiger partial charge in [-0.05, 0) is 32.9 Å². The molecule has 0 saturated heterocycles. The van der Waals surface area contributed by atoms with Crippen molar-refractivity contribution in [2.24, 2.45) is 7.05 Å². The lowest BCUT2D eigenvalue weighted by molar-refractivity contribution is 0.548. The Morgan fingerprint density at radius 1 is 1.35 bits per heavy atom. The molecule has 5 nitrogen and oxygen atoms in total.